The van der Waals surface area contributed by atoms with Crippen molar-refractivity contribution in [2.45, 2.75) is 69.2 Å². The van der Waals surface area contributed by atoms with Gasteiger partial charge in [0.15, 0.2) is 0 Å². The smallest absolute Gasteiger partial charge is 0.335 e. The van der Waals surface area contributed by atoms with Crippen molar-refractivity contribution in [3.05, 3.63) is 35.4 Å². The van der Waals surface area contributed by atoms with Gasteiger partial charge in [0.25, 0.3) is 0 Å². The van der Waals surface area contributed by atoms with Crippen molar-refractivity contribution in [1.29, 1.82) is 0 Å². The number of carbonyl (C=O) groups is 3. The van der Waals surface area contributed by atoms with Gasteiger partial charge in [-0.1, -0.05) is 81.4 Å². The van der Waals surface area contributed by atoms with Crippen molar-refractivity contribution >= 4 is 18.5 Å². The van der Waals surface area contributed by atoms with E-state index in [-0.39, 0.29) is 11.5 Å². The summed E-state index contributed by atoms with van der Waals surface area (Å²) < 4.78 is 0. The molecule has 0 aromatic heterocycles. The fourth-order valence-corrected chi connectivity index (χ4v) is 0.704. The van der Waals surface area contributed by atoms with Gasteiger partial charge >= 0.3 is 5.97 Å². The van der Waals surface area contributed by atoms with E-state index < -0.39 is 5.97 Å². The highest BCUT2D eigenvalue weighted by Crippen LogP contribution is 2.08. The number of benzene rings is 1. The Morgan fingerprint density at radius 2 is 1.12 bits per heavy atom. The van der Waals surface area contributed by atoms with Crippen LogP contribution in [0.25, 0.3) is 0 Å². The topological polar surface area (TPSA) is 71.4 Å². The number of aromatic carboxylic acids is 1. The number of hydrogen-bond donors (Lipinski definition) is 1. The first-order valence-electron chi connectivity index (χ1n) is 8.75. The zero-order chi connectivity index (χ0) is 21.6. The number of hydrogen-bond acceptors (Lipinski definition) is 3. The van der Waals surface area contributed by atoms with E-state index in [0.29, 0.717) is 22.7 Å². The molecule has 150 valence electrons. The van der Waals surface area contributed by atoms with E-state index in [1.807, 2.05) is 13.8 Å². The van der Waals surface area contributed by atoms with Crippen molar-refractivity contribution < 1.29 is 19.5 Å². The van der Waals surface area contributed by atoms with Crippen molar-refractivity contribution in [2.24, 2.45) is 16.7 Å². The minimum atomic E-state index is -0.984. The molecule has 0 saturated heterocycles. The van der Waals surface area contributed by atoms with Crippen LogP contribution in [-0.4, -0.2) is 23.6 Å². The summed E-state index contributed by atoms with van der Waals surface area (Å²) in [5, 5.41) is 8.46. The van der Waals surface area contributed by atoms with Gasteiger partial charge in [0.2, 0.25) is 0 Å². The molecule has 4 nitrogen and oxygen atoms in total. The lowest BCUT2D eigenvalue weighted by atomic mass is 10.0. The molecule has 26 heavy (non-hydrogen) atoms. The lowest BCUT2D eigenvalue weighted by molar-refractivity contribution is -0.110. The van der Waals surface area contributed by atoms with Crippen LogP contribution in [0.3, 0.4) is 0 Å². The molecule has 1 aromatic rings. The molecule has 1 aromatic carbocycles. The van der Waals surface area contributed by atoms with Crippen molar-refractivity contribution in [3.63, 3.8) is 0 Å². The molecule has 0 saturated carbocycles. The third-order valence-electron chi connectivity index (χ3n) is 1.57. The van der Waals surface area contributed by atoms with Crippen LogP contribution in [0.15, 0.2) is 24.3 Å². The van der Waals surface area contributed by atoms with Crippen LogP contribution in [0.1, 0.15) is 90.0 Å². The summed E-state index contributed by atoms with van der Waals surface area (Å²) in [6.07, 6.45) is 1.59. The molecule has 0 fully saturated rings. The zero-order valence-corrected chi connectivity index (χ0v) is 18.2. The molecule has 0 atom stereocenters. The highest BCUT2D eigenvalue weighted by Gasteiger charge is 2.00. The Morgan fingerprint density at radius 1 is 0.846 bits per heavy atom. The van der Waals surface area contributed by atoms with E-state index in [1.165, 1.54) is 24.3 Å². The number of aldehydes is 2. The van der Waals surface area contributed by atoms with Gasteiger partial charge in [0.05, 0.1) is 5.56 Å². The molecule has 0 aliphatic heterocycles. The molecule has 0 spiro atoms. The average molecular weight is 367 g/mol. The zero-order valence-electron chi connectivity index (χ0n) is 18.2. The Labute approximate surface area is 160 Å². The predicted octanol–water partition coefficient (Wildman–Crippen LogP) is 6.14. The summed E-state index contributed by atoms with van der Waals surface area (Å²) in [7, 11) is 0. The van der Waals surface area contributed by atoms with Crippen LogP contribution in [-0.2, 0) is 4.79 Å². The number of carbonyl (C=O) groups excluding carboxylic acids is 2. The van der Waals surface area contributed by atoms with E-state index in [4.69, 9.17) is 5.11 Å². The predicted molar refractivity (Wildman–Crippen MR) is 110 cm³/mol. The SMILES string of the molecule is CC(C)(C)C.CC(C)(C)C.CC(C)C=O.O=Cc1ccc(C(=O)O)cc1. The fourth-order valence-electron chi connectivity index (χ4n) is 0.704. The molecule has 0 unspecified atom stereocenters. The van der Waals surface area contributed by atoms with E-state index in [9.17, 15) is 14.4 Å². The maximum atomic E-state index is 10.3. The van der Waals surface area contributed by atoms with Gasteiger partial charge in [-0.15, -0.1) is 0 Å². The molecule has 4 heteroatoms. The normalized spacial score (nSPS) is 10.1. The monoisotopic (exact) mass is 366 g/mol. The van der Waals surface area contributed by atoms with Crippen molar-refractivity contribution in [1.82, 2.24) is 0 Å². The number of carboxylic acid groups (broad SMARTS) is 1. The summed E-state index contributed by atoms with van der Waals surface area (Å²) in [5.41, 5.74) is 1.67. The summed E-state index contributed by atoms with van der Waals surface area (Å²) >= 11 is 0. The summed E-state index contributed by atoms with van der Waals surface area (Å²) in [5.74, 6) is -0.780. The first-order valence-corrected chi connectivity index (χ1v) is 8.75. The molecule has 0 bridgehead atoms. The highest BCUT2D eigenvalue weighted by atomic mass is 16.4. The van der Waals surface area contributed by atoms with Crippen LogP contribution in [0, 0.1) is 16.7 Å². The quantitative estimate of drug-likeness (QED) is 0.652. The number of carboxylic acids is 1. The van der Waals surface area contributed by atoms with Gasteiger partial charge in [-0.25, -0.2) is 4.79 Å². The minimum Gasteiger partial charge on any atom is -0.478 e. The molecule has 1 N–H and O–H groups in total. The highest BCUT2D eigenvalue weighted by molar-refractivity contribution is 5.88. The van der Waals surface area contributed by atoms with Crippen molar-refractivity contribution in [3.8, 4) is 0 Å². The second-order valence-electron chi connectivity index (χ2n) is 9.43. The van der Waals surface area contributed by atoms with Crippen LogP contribution < -0.4 is 0 Å². The van der Waals surface area contributed by atoms with E-state index in [0.717, 1.165) is 6.29 Å². The van der Waals surface area contributed by atoms with E-state index in [2.05, 4.69) is 55.4 Å². The number of rotatable bonds is 3. The lowest BCUT2D eigenvalue weighted by Gasteiger charge is -2.05. The standard InChI is InChI=1S/C8H6O3.2C5H12.C4H8O/c9-5-6-1-3-7(4-2-6)8(10)11;2*1-5(2,3)4;1-4(2)3-5/h1-5H,(H,10,11);2*1-4H3;3-4H,1-2H3. The molecular formula is C22H38O4. The van der Waals surface area contributed by atoms with Crippen LogP contribution in [0.4, 0.5) is 0 Å². The first-order chi connectivity index (χ1) is 11.5. The van der Waals surface area contributed by atoms with E-state index >= 15 is 0 Å². The third-order valence-corrected chi connectivity index (χ3v) is 1.57. The Kier molecular flexibility index (Phi) is 15.8. The largest absolute Gasteiger partial charge is 0.478 e. The molecule has 0 aliphatic rings. The molecular weight excluding hydrogens is 328 g/mol. The van der Waals surface area contributed by atoms with Gasteiger partial charge in [-0.3, -0.25) is 4.79 Å². The summed E-state index contributed by atoms with van der Waals surface area (Å²) in [6.45, 7) is 21.2. The second kappa shape index (κ2) is 14.2. The lowest BCUT2D eigenvalue weighted by Crippen LogP contribution is -1.95. The van der Waals surface area contributed by atoms with Crippen LogP contribution >= 0.6 is 0 Å². The van der Waals surface area contributed by atoms with E-state index in [1.54, 1.807) is 0 Å². The van der Waals surface area contributed by atoms with Crippen LogP contribution in [0.5, 0.6) is 0 Å². The molecule has 0 amide bonds. The molecule has 0 aliphatic carbocycles. The summed E-state index contributed by atoms with van der Waals surface area (Å²) in [4.78, 5) is 30.0. The Balaban J connectivity index is -0.000000300. The first kappa shape index (κ1) is 28.8. The average Bonchev–Trinajstić information content (AvgIpc) is 2.44. The third kappa shape index (κ3) is 37.9. The van der Waals surface area contributed by atoms with Gasteiger partial charge in [-0.2, -0.15) is 0 Å². The minimum absolute atomic E-state index is 0.190. The maximum Gasteiger partial charge on any atom is 0.335 e. The Morgan fingerprint density at radius 3 is 1.27 bits per heavy atom. The molecule has 1 rings (SSSR count). The van der Waals surface area contributed by atoms with Gasteiger partial charge in [0.1, 0.15) is 12.6 Å². The van der Waals surface area contributed by atoms with Crippen molar-refractivity contribution in [2.75, 3.05) is 0 Å². The van der Waals surface area contributed by atoms with Gasteiger partial charge in [0, 0.05) is 11.5 Å². The maximum absolute atomic E-state index is 10.3. The summed E-state index contributed by atoms with van der Waals surface area (Å²) in [6, 6.07) is 5.73. The Hall–Kier alpha value is -1.97. The second-order valence-corrected chi connectivity index (χ2v) is 9.43. The Bertz CT molecular complexity index is 476. The van der Waals surface area contributed by atoms with Gasteiger partial charge < -0.3 is 9.90 Å². The molecule has 0 heterocycles. The molecule has 0 radical (unpaired) electrons. The van der Waals surface area contributed by atoms with Crippen LogP contribution in [0.2, 0.25) is 0 Å². The van der Waals surface area contributed by atoms with Gasteiger partial charge in [-0.05, 0) is 23.0 Å². The fraction of sp³-hybridized carbons (Fsp3) is 0.591.